The number of hydrazone groups is 1. The van der Waals surface area contributed by atoms with Crippen molar-refractivity contribution < 1.29 is 9.53 Å². The lowest BCUT2D eigenvalue weighted by Gasteiger charge is -2.41. The molecule has 0 radical (unpaired) electrons. The highest BCUT2D eigenvalue weighted by Crippen LogP contribution is 2.51. The molecule has 0 bridgehead atoms. The molecule has 31 heavy (non-hydrogen) atoms. The van der Waals surface area contributed by atoms with Gasteiger partial charge in [-0.05, 0) is 48.0 Å². The third-order valence-electron chi connectivity index (χ3n) is 5.61. The molecule has 0 saturated heterocycles. The van der Waals surface area contributed by atoms with Crippen LogP contribution in [0.25, 0.3) is 0 Å². The summed E-state index contributed by atoms with van der Waals surface area (Å²) in [5.74, 6) is 0.305. The van der Waals surface area contributed by atoms with E-state index >= 15 is 0 Å². The Bertz CT molecular complexity index is 1240. The van der Waals surface area contributed by atoms with Crippen molar-refractivity contribution in [1.82, 2.24) is 5.01 Å². The number of hydrogen-bond acceptors (Lipinski definition) is 5. The first-order valence-electron chi connectivity index (χ1n) is 9.79. The molecular formula is C25H18N4O2. The first-order chi connectivity index (χ1) is 15.2. The van der Waals surface area contributed by atoms with E-state index in [9.17, 15) is 10.1 Å². The molecular weight excluding hydrogens is 388 g/mol. The molecule has 0 saturated carbocycles. The molecule has 0 unspecified atom stereocenters. The van der Waals surface area contributed by atoms with E-state index in [1.54, 1.807) is 19.4 Å². The number of benzene rings is 3. The minimum absolute atomic E-state index is 0.0680. The number of hydrogen-bond donors (Lipinski definition) is 1. The number of carbonyl (C=O) groups is 1. The van der Waals surface area contributed by atoms with Crippen molar-refractivity contribution in [1.29, 1.82) is 5.26 Å². The second-order valence-corrected chi connectivity index (χ2v) is 7.29. The van der Waals surface area contributed by atoms with Crippen molar-refractivity contribution in [2.45, 2.75) is 5.54 Å². The van der Waals surface area contributed by atoms with Gasteiger partial charge in [0.15, 0.2) is 0 Å². The van der Waals surface area contributed by atoms with E-state index in [1.165, 1.54) is 5.01 Å². The Labute approximate surface area is 179 Å². The van der Waals surface area contributed by atoms with E-state index in [4.69, 9.17) is 4.74 Å². The van der Waals surface area contributed by atoms with Gasteiger partial charge >= 0.3 is 0 Å². The topological polar surface area (TPSA) is 77.7 Å². The molecule has 3 aromatic carbocycles. The second-order valence-electron chi connectivity index (χ2n) is 7.29. The van der Waals surface area contributed by atoms with Crippen LogP contribution in [0.4, 0.5) is 11.4 Å². The lowest BCUT2D eigenvalue weighted by atomic mass is 9.78. The van der Waals surface area contributed by atoms with Crippen LogP contribution in [0.5, 0.6) is 5.75 Å². The van der Waals surface area contributed by atoms with Crippen molar-refractivity contribution in [3.63, 3.8) is 0 Å². The van der Waals surface area contributed by atoms with Gasteiger partial charge in [0.2, 0.25) is 0 Å². The lowest BCUT2D eigenvalue weighted by Crippen LogP contribution is -2.44. The maximum atomic E-state index is 13.2. The zero-order valence-electron chi connectivity index (χ0n) is 16.7. The summed E-state index contributed by atoms with van der Waals surface area (Å²) in [4.78, 5) is 13.2. The van der Waals surface area contributed by atoms with E-state index in [1.807, 2.05) is 78.9 Å². The fourth-order valence-corrected chi connectivity index (χ4v) is 4.17. The Morgan fingerprint density at radius 1 is 1.00 bits per heavy atom. The van der Waals surface area contributed by atoms with Crippen molar-refractivity contribution in [2.24, 2.45) is 5.10 Å². The molecule has 2 aliphatic heterocycles. The predicted octanol–water partition coefficient (Wildman–Crippen LogP) is 4.32. The van der Waals surface area contributed by atoms with Crippen LogP contribution >= 0.6 is 0 Å². The summed E-state index contributed by atoms with van der Waals surface area (Å²) in [7, 11) is 1.61. The van der Waals surface area contributed by atoms with Crippen LogP contribution in [-0.4, -0.2) is 24.2 Å². The molecule has 2 heterocycles. The van der Waals surface area contributed by atoms with Gasteiger partial charge in [0.1, 0.15) is 22.9 Å². The molecule has 3 aromatic rings. The third kappa shape index (κ3) is 2.79. The molecule has 1 N–H and O–H groups in total. The van der Waals surface area contributed by atoms with Crippen LogP contribution < -0.4 is 10.1 Å². The molecule has 0 aliphatic carbocycles. The van der Waals surface area contributed by atoms with Gasteiger partial charge in [-0.3, -0.25) is 4.79 Å². The number of amides is 1. The zero-order chi connectivity index (χ0) is 21.4. The lowest BCUT2D eigenvalue weighted by molar-refractivity contribution is -0.128. The Balaban J connectivity index is 1.70. The van der Waals surface area contributed by atoms with E-state index < -0.39 is 11.4 Å². The van der Waals surface area contributed by atoms with E-state index in [-0.39, 0.29) is 5.57 Å². The Morgan fingerprint density at radius 2 is 1.61 bits per heavy atom. The molecule has 0 fully saturated rings. The van der Waals surface area contributed by atoms with Crippen molar-refractivity contribution >= 4 is 23.5 Å². The standard InChI is InChI=1S/C25H18N4O2/c1-31-19-12-10-17(11-13-19)16-27-29-24(30)18(15-26)14-25(29)20-6-2-4-8-22(20)28-23-9-5-3-7-21(23)25/h2-14,16,28H,1H3/b27-16+. The van der Waals surface area contributed by atoms with Crippen LogP contribution in [-0.2, 0) is 10.3 Å². The number of para-hydroxylation sites is 2. The van der Waals surface area contributed by atoms with Gasteiger partial charge in [0.05, 0.1) is 13.3 Å². The minimum Gasteiger partial charge on any atom is -0.497 e. The van der Waals surface area contributed by atoms with Gasteiger partial charge in [-0.15, -0.1) is 0 Å². The molecule has 150 valence electrons. The average molecular weight is 406 g/mol. The summed E-state index contributed by atoms with van der Waals surface area (Å²) in [6, 6.07) is 25.0. The number of nitrogens with zero attached hydrogens (tertiary/aromatic N) is 3. The van der Waals surface area contributed by atoms with Crippen molar-refractivity contribution in [2.75, 3.05) is 12.4 Å². The number of rotatable bonds is 3. The molecule has 1 amide bonds. The fourth-order valence-electron chi connectivity index (χ4n) is 4.17. The number of carbonyl (C=O) groups excluding carboxylic acids is 1. The SMILES string of the molecule is COc1ccc(/C=N/N2C(=O)C(C#N)=CC23c2ccccc2Nc2ccccc23)cc1. The smallest absolute Gasteiger partial charge is 0.285 e. The summed E-state index contributed by atoms with van der Waals surface area (Å²) >= 11 is 0. The molecule has 6 heteroatoms. The molecule has 5 rings (SSSR count). The molecule has 6 nitrogen and oxygen atoms in total. The highest BCUT2D eigenvalue weighted by Gasteiger charge is 2.52. The molecule has 0 atom stereocenters. The fraction of sp³-hybridized carbons (Fsp3) is 0.0800. The summed E-state index contributed by atoms with van der Waals surface area (Å²) in [5.41, 5.74) is 3.33. The van der Waals surface area contributed by atoms with E-state index in [0.29, 0.717) is 0 Å². The minimum atomic E-state index is -1.01. The zero-order valence-corrected chi connectivity index (χ0v) is 16.7. The maximum absolute atomic E-state index is 13.2. The molecule has 1 spiro atoms. The van der Waals surface area contributed by atoms with Crippen molar-refractivity contribution in [3.8, 4) is 11.8 Å². The number of anilines is 2. The average Bonchev–Trinajstić information content (AvgIpc) is 3.10. The monoisotopic (exact) mass is 406 g/mol. The summed E-state index contributed by atoms with van der Waals surface area (Å²) in [6.07, 6.45) is 3.35. The number of nitrogens with one attached hydrogen (secondary N) is 1. The van der Waals surface area contributed by atoms with Crippen LogP contribution in [0.3, 0.4) is 0 Å². The number of methoxy groups -OCH3 is 1. The number of nitriles is 1. The largest absolute Gasteiger partial charge is 0.497 e. The number of fused-ring (bicyclic) bond motifs is 4. The number of ether oxygens (including phenoxy) is 1. The normalized spacial score (nSPS) is 15.8. The van der Waals surface area contributed by atoms with Gasteiger partial charge < -0.3 is 10.1 Å². The molecule has 2 aliphatic rings. The van der Waals surface area contributed by atoms with Crippen LogP contribution in [0.15, 0.2) is 89.5 Å². The van der Waals surface area contributed by atoms with E-state index in [2.05, 4.69) is 10.4 Å². The van der Waals surface area contributed by atoms with Crippen molar-refractivity contribution in [3.05, 3.63) is 101 Å². The highest BCUT2D eigenvalue weighted by atomic mass is 16.5. The molecule has 0 aromatic heterocycles. The Kier molecular flexibility index (Phi) is 4.30. The summed E-state index contributed by atoms with van der Waals surface area (Å²) in [6.45, 7) is 0. The van der Waals surface area contributed by atoms with Crippen LogP contribution in [0, 0.1) is 11.3 Å². The quantitative estimate of drug-likeness (QED) is 0.657. The maximum Gasteiger partial charge on any atom is 0.285 e. The third-order valence-corrected chi connectivity index (χ3v) is 5.61. The Hall–Kier alpha value is -4.37. The van der Waals surface area contributed by atoms with Gasteiger partial charge in [-0.25, -0.2) is 5.01 Å². The first-order valence-corrected chi connectivity index (χ1v) is 9.79. The predicted molar refractivity (Wildman–Crippen MR) is 118 cm³/mol. The highest BCUT2D eigenvalue weighted by molar-refractivity contribution is 6.03. The first kappa shape index (κ1) is 18.6. The van der Waals surface area contributed by atoms with E-state index in [0.717, 1.165) is 33.8 Å². The van der Waals surface area contributed by atoms with Crippen LogP contribution in [0.2, 0.25) is 0 Å². The van der Waals surface area contributed by atoms with Gasteiger partial charge in [-0.2, -0.15) is 10.4 Å². The van der Waals surface area contributed by atoms with Gasteiger partial charge in [-0.1, -0.05) is 36.4 Å². The second kappa shape index (κ2) is 7.15. The van der Waals surface area contributed by atoms with Gasteiger partial charge in [0.25, 0.3) is 5.91 Å². The van der Waals surface area contributed by atoms with Gasteiger partial charge in [0, 0.05) is 22.5 Å². The summed E-state index contributed by atoms with van der Waals surface area (Å²) < 4.78 is 5.20. The van der Waals surface area contributed by atoms with Crippen LogP contribution in [0.1, 0.15) is 16.7 Å². The Morgan fingerprint density at radius 3 is 2.19 bits per heavy atom. The summed E-state index contributed by atoms with van der Waals surface area (Å²) in [5, 5.41) is 19.1.